The highest BCUT2D eigenvalue weighted by Crippen LogP contribution is 2.17. The van der Waals surface area contributed by atoms with E-state index in [9.17, 15) is 4.79 Å². The molecule has 0 aliphatic carbocycles. The second-order valence-corrected chi connectivity index (χ2v) is 5.71. The minimum absolute atomic E-state index is 0.0860. The summed E-state index contributed by atoms with van der Waals surface area (Å²) in [5, 5.41) is 5.37. The minimum Gasteiger partial charge on any atom is -0.302 e. The fourth-order valence-electron chi connectivity index (χ4n) is 2.06. The maximum atomic E-state index is 11.0. The third-order valence-corrected chi connectivity index (χ3v) is 3.86. The molecule has 0 atom stereocenters. The zero-order valence-electron chi connectivity index (χ0n) is 12.1. The van der Waals surface area contributed by atoms with Gasteiger partial charge in [0.2, 0.25) is 5.91 Å². The molecule has 0 saturated heterocycles. The molecule has 6 heteroatoms. The quantitative estimate of drug-likeness (QED) is 0.539. The van der Waals surface area contributed by atoms with Crippen molar-refractivity contribution < 1.29 is 4.79 Å². The van der Waals surface area contributed by atoms with Gasteiger partial charge in [-0.15, -0.1) is 11.3 Å². The smallest absolute Gasteiger partial charge is 0.223 e. The Morgan fingerprint density at radius 3 is 2.76 bits per heavy atom. The van der Waals surface area contributed by atoms with Gasteiger partial charge in [-0.2, -0.15) is 0 Å². The molecule has 1 heterocycles. The van der Waals surface area contributed by atoms with E-state index in [1.165, 1.54) is 29.4 Å². The number of nitrogens with two attached hydrogens (primary N) is 1. The number of hydrogen-bond donors (Lipinski definition) is 3. The van der Waals surface area contributed by atoms with Crippen LogP contribution in [0.15, 0.2) is 29.6 Å². The summed E-state index contributed by atoms with van der Waals surface area (Å²) in [6.07, 6.45) is 2.73. The summed E-state index contributed by atoms with van der Waals surface area (Å²) in [6.45, 7) is 2.26. The lowest BCUT2D eigenvalue weighted by Crippen LogP contribution is -2.24. The van der Waals surface area contributed by atoms with Gasteiger partial charge in [0, 0.05) is 18.8 Å². The van der Waals surface area contributed by atoms with Crippen molar-refractivity contribution in [1.29, 1.82) is 0 Å². The summed E-state index contributed by atoms with van der Waals surface area (Å²) in [5.74, 6) is 5.21. The van der Waals surface area contributed by atoms with Crippen LogP contribution in [0.5, 0.6) is 0 Å². The Hall–Kier alpha value is -1.76. The standard InChI is InChI=1S/C15H20N4OS/c1-11(20)18-15-19-14(10-21-15)6-5-12-3-2-4-13(9-12)7-8-17-16/h2-4,9-10,17H,5-8,16H2,1H3,(H,18,19,20). The number of rotatable bonds is 7. The molecule has 1 aromatic carbocycles. The number of aryl methyl sites for hydroxylation is 2. The zero-order valence-corrected chi connectivity index (χ0v) is 12.9. The highest BCUT2D eigenvalue weighted by molar-refractivity contribution is 7.13. The third-order valence-electron chi connectivity index (χ3n) is 3.05. The summed E-state index contributed by atoms with van der Waals surface area (Å²) < 4.78 is 0. The molecule has 0 aliphatic rings. The number of amides is 1. The van der Waals surface area contributed by atoms with Crippen molar-refractivity contribution in [3.8, 4) is 0 Å². The molecule has 1 amide bonds. The molecule has 0 spiro atoms. The van der Waals surface area contributed by atoms with Crippen LogP contribution in [0.4, 0.5) is 5.13 Å². The van der Waals surface area contributed by atoms with Gasteiger partial charge in [-0.1, -0.05) is 24.3 Å². The molecule has 2 aromatic rings. The first-order valence-corrected chi connectivity index (χ1v) is 7.78. The van der Waals surface area contributed by atoms with Crippen molar-refractivity contribution in [2.24, 2.45) is 5.84 Å². The van der Waals surface area contributed by atoms with E-state index in [0.717, 1.165) is 31.5 Å². The lowest BCUT2D eigenvalue weighted by atomic mass is 10.0. The van der Waals surface area contributed by atoms with Crippen molar-refractivity contribution in [2.75, 3.05) is 11.9 Å². The van der Waals surface area contributed by atoms with Gasteiger partial charge in [0.05, 0.1) is 5.69 Å². The predicted molar refractivity (Wildman–Crippen MR) is 86.2 cm³/mol. The van der Waals surface area contributed by atoms with Crippen LogP contribution < -0.4 is 16.6 Å². The molecule has 0 saturated carbocycles. The van der Waals surface area contributed by atoms with E-state index in [-0.39, 0.29) is 5.91 Å². The average molecular weight is 304 g/mol. The maximum Gasteiger partial charge on any atom is 0.223 e. The largest absolute Gasteiger partial charge is 0.302 e. The number of aromatic nitrogens is 1. The second kappa shape index (κ2) is 7.87. The monoisotopic (exact) mass is 304 g/mol. The number of nitrogens with zero attached hydrogens (tertiary/aromatic N) is 1. The molecule has 0 unspecified atom stereocenters. The lowest BCUT2D eigenvalue weighted by Gasteiger charge is -2.04. The van der Waals surface area contributed by atoms with Crippen LogP contribution in [0.25, 0.3) is 0 Å². The van der Waals surface area contributed by atoms with E-state index in [4.69, 9.17) is 5.84 Å². The third kappa shape index (κ3) is 5.26. The van der Waals surface area contributed by atoms with Crippen LogP contribution in [-0.4, -0.2) is 17.4 Å². The first kappa shape index (κ1) is 15.6. The zero-order chi connectivity index (χ0) is 15.1. The molecule has 112 valence electrons. The fraction of sp³-hybridized carbons (Fsp3) is 0.333. The van der Waals surface area contributed by atoms with Crippen molar-refractivity contribution in [3.63, 3.8) is 0 Å². The molecule has 0 bridgehead atoms. The van der Waals surface area contributed by atoms with E-state index < -0.39 is 0 Å². The van der Waals surface area contributed by atoms with Crippen molar-refractivity contribution in [2.45, 2.75) is 26.2 Å². The molecule has 4 N–H and O–H groups in total. The van der Waals surface area contributed by atoms with Crippen LogP contribution in [0.2, 0.25) is 0 Å². The van der Waals surface area contributed by atoms with Gasteiger partial charge >= 0.3 is 0 Å². The first-order chi connectivity index (χ1) is 10.2. The Kier molecular flexibility index (Phi) is 5.86. The van der Waals surface area contributed by atoms with Gasteiger partial charge in [0.15, 0.2) is 5.13 Å². The highest BCUT2D eigenvalue weighted by atomic mass is 32.1. The molecule has 0 aliphatic heterocycles. The number of hydrazine groups is 1. The Labute approximate surface area is 128 Å². The number of carbonyl (C=O) groups is 1. The summed E-state index contributed by atoms with van der Waals surface area (Å²) >= 11 is 1.46. The Morgan fingerprint density at radius 1 is 1.29 bits per heavy atom. The Bertz CT molecular complexity index is 597. The predicted octanol–water partition coefficient (Wildman–Crippen LogP) is 1.89. The van der Waals surface area contributed by atoms with Gasteiger partial charge in [-0.25, -0.2) is 4.98 Å². The molecular weight excluding hydrogens is 284 g/mol. The number of carbonyl (C=O) groups excluding carboxylic acids is 1. The average Bonchev–Trinajstić information content (AvgIpc) is 2.90. The van der Waals surface area contributed by atoms with Crippen LogP contribution in [0.1, 0.15) is 23.7 Å². The second-order valence-electron chi connectivity index (χ2n) is 4.85. The Balaban J connectivity index is 1.90. The van der Waals surface area contributed by atoms with E-state index >= 15 is 0 Å². The molecule has 2 rings (SSSR count). The summed E-state index contributed by atoms with van der Waals surface area (Å²) in [5.41, 5.74) is 6.25. The van der Waals surface area contributed by atoms with Crippen LogP contribution in [-0.2, 0) is 24.1 Å². The van der Waals surface area contributed by atoms with E-state index in [1.54, 1.807) is 0 Å². The van der Waals surface area contributed by atoms with Crippen LogP contribution >= 0.6 is 11.3 Å². The van der Waals surface area contributed by atoms with Gasteiger partial charge < -0.3 is 5.32 Å². The van der Waals surface area contributed by atoms with Gasteiger partial charge in [0.25, 0.3) is 0 Å². The van der Waals surface area contributed by atoms with E-state index in [0.29, 0.717) is 5.13 Å². The van der Waals surface area contributed by atoms with Gasteiger partial charge in [-0.3, -0.25) is 16.1 Å². The minimum atomic E-state index is -0.0860. The van der Waals surface area contributed by atoms with Crippen molar-refractivity contribution >= 4 is 22.4 Å². The fourth-order valence-corrected chi connectivity index (χ4v) is 2.85. The molecule has 5 nitrogen and oxygen atoms in total. The molecule has 0 fully saturated rings. The normalized spacial score (nSPS) is 10.6. The lowest BCUT2D eigenvalue weighted by molar-refractivity contribution is -0.114. The number of nitrogens with one attached hydrogen (secondary N) is 2. The number of anilines is 1. The molecule has 0 radical (unpaired) electrons. The number of hydrogen-bond acceptors (Lipinski definition) is 5. The molecule has 1 aromatic heterocycles. The molecule has 21 heavy (non-hydrogen) atoms. The first-order valence-electron chi connectivity index (χ1n) is 6.90. The van der Waals surface area contributed by atoms with E-state index in [1.807, 2.05) is 5.38 Å². The van der Waals surface area contributed by atoms with Crippen molar-refractivity contribution in [1.82, 2.24) is 10.4 Å². The number of thiazole rings is 1. The SMILES string of the molecule is CC(=O)Nc1nc(CCc2cccc(CCNN)c2)cs1. The van der Waals surface area contributed by atoms with Crippen LogP contribution in [0.3, 0.4) is 0 Å². The van der Waals surface area contributed by atoms with Gasteiger partial charge in [-0.05, 0) is 30.4 Å². The summed E-state index contributed by atoms with van der Waals surface area (Å²) in [6, 6.07) is 8.52. The summed E-state index contributed by atoms with van der Waals surface area (Å²) in [4.78, 5) is 15.4. The summed E-state index contributed by atoms with van der Waals surface area (Å²) in [7, 11) is 0. The molecular formula is C15H20N4OS. The topological polar surface area (TPSA) is 80.0 Å². The van der Waals surface area contributed by atoms with Gasteiger partial charge in [0.1, 0.15) is 0 Å². The highest BCUT2D eigenvalue weighted by Gasteiger charge is 2.04. The maximum absolute atomic E-state index is 11.0. The van der Waals surface area contributed by atoms with E-state index in [2.05, 4.69) is 40.0 Å². The van der Waals surface area contributed by atoms with Crippen molar-refractivity contribution in [3.05, 3.63) is 46.5 Å². The van der Waals surface area contributed by atoms with Crippen LogP contribution in [0, 0.1) is 0 Å². The number of benzene rings is 1. The Morgan fingerprint density at radius 2 is 2.05 bits per heavy atom.